The Morgan fingerprint density at radius 3 is 2.05 bits per heavy atom. The van der Waals surface area contributed by atoms with E-state index >= 15 is 0 Å². The van der Waals surface area contributed by atoms with Crippen LogP contribution in [0.3, 0.4) is 0 Å². The van der Waals surface area contributed by atoms with Crippen molar-refractivity contribution in [2.45, 2.75) is 6.92 Å². The molecule has 0 saturated carbocycles. The van der Waals surface area contributed by atoms with E-state index in [9.17, 15) is 4.57 Å². The average molecular weight is 302 g/mol. The van der Waals surface area contributed by atoms with Crippen molar-refractivity contribution in [3.63, 3.8) is 0 Å². The van der Waals surface area contributed by atoms with E-state index in [1.54, 1.807) is 0 Å². The zero-order valence-electron chi connectivity index (χ0n) is 12.4. The topological polar surface area (TPSA) is 35.5 Å². The standard InChI is InChI=1S/C17H19O3P/c1-14-9-11-15(12-10-14)13-17(21(18,19-2)20-3)16-7-5-4-6-8-16/h4-13H,1-3H3/b17-13+. The van der Waals surface area contributed by atoms with Crippen LogP contribution in [0.2, 0.25) is 0 Å². The van der Waals surface area contributed by atoms with E-state index in [-0.39, 0.29) is 0 Å². The SMILES string of the molecule is COP(=O)(OC)/C(=C/c1ccc(C)cc1)c1ccccc1. The third kappa shape index (κ3) is 3.70. The summed E-state index contributed by atoms with van der Waals surface area (Å²) < 4.78 is 23.1. The maximum Gasteiger partial charge on any atom is 0.361 e. The zero-order valence-corrected chi connectivity index (χ0v) is 13.3. The third-order valence-electron chi connectivity index (χ3n) is 3.23. The molecule has 0 fully saturated rings. The first kappa shape index (κ1) is 15.7. The van der Waals surface area contributed by atoms with Crippen molar-refractivity contribution in [1.82, 2.24) is 0 Å². The fourth-order valence-electron chi connectivity index (χ4n) is 2.02. The molecule has 2 aromatic carbocycles. The van der Waals surface area contributed by atoms with Crippen LogP contribution in [-0.4, -0.2) is 14.2 Å². The number of aryl methyl sites for hydroxylation is 1. The Hall–Kier alpha value is -1.67. The molecule has 21 heavy (non-hydrogen) atoms. The summed E-state index contributed by atoms with van der Waals surface area (Å²) in [5, 5.41) is 0.553. The molecule has 0 radical (unpaired) electrons. The van der Waals surface area contributed by atoms with Crippen molar-refractivity contribution in [3.05, 3.63) is 71.3 Å². The van der Waals surface area contributed by atoms with Gasteiger partial charge >= 0.3 is 7.60 Å². The minimum absolute atomic E-state index is 0.553. The van der Waals surface area contributed by atoms with Crippen LogP contribution in [0.5, 0.6) is 0 Å². The summed E-state index contributed by atoms with van der Waals surface area (Å²) in [7, 11) is -0.531. The molecule has 0 heterocycles. The molecule has 0 aliphatic heterocycles. The Labute approximate surface area is 125 Å². The van der Waals surface area contributed by atoms with Crippen LogP contribution < -0.4 is 0 Å². The van der Waals surface area contributed by atoms with Crippen molar-refractivity contribution in [3.8, 4) is 0 Å². The van der Waals surface area contributed by atoms with Crippen LogP contribution in [0, 0.1) is 6.92 Å². The number of hydrogen-bond donors (Lipinski definition) is 0. The van der Waals surface area contributed by atoms with E-state index in [0.717, 1.165) is 11.1 Å². The lowest BCUT2D eigenvalue weighted by Gasteiger charge is -2.17. The molecule has 0 aromatic heterocycles. The Balaban J connectivity index is 2.56. The molecule has 0 bridgehead atoms. The third-order valence-corrected chi connectivity index (χ3v) is 5.16. The van der Waals surface area contributed by atoms with E-state index in [1.807, 2.05) is 67.6 Å². The maximum absolute atomic E-state index is 12.8. The molecular formula is C17H19O3P. The summed E-state index contributed by atoms with van der Waals surface area (Å²) in [6, 6.07) is 17.5. The van der Waals surface area contributed by atoms with Gasteiger partial charge in [-0.1, -0.05) is 60.2 Å². The van der Waals surface area contributed by atoms with Gasteiger partial charge in [-0.25, -0.2) is 0 Å². The molecule has 0 atom stereocenters. The first-order valence-corrected chi connectivity index (χ1v) is 8.19. The molecule has 110 valence electrons. The van der Waals surface area contributed by atoms with Gasteiger partial charge in [0, 0.05) is 14.2 Å². The molecule has 3 nitrogen and oxygen atoms in total. The van der Waals surface area contributed by atoms with Crippen molar-refractivity contribution >= 4 is 19.0 Å². The highest BCUT2D eigenvalue weighted by Crippen LogP contribution is 2.59. The van der Waals surface area contributed by atoms with Crippen LogP contribution in [0.15, 0.2) is 54.6 Å². The highest BCUT2D eigenvalue weighted by atomic mass is 31.2. The van der Waals surface area contributed by atoms with E-state index in [1.165, 1.54) is 19.8 Å². The number of benzene rings is 2. The van der Waals surface area contributed by atoms with Gasteiger partial charge in [-0.2, -0.15) is 0 Å². The van der Waals surface area contributed by atoms with Crippen LogP contribution in [0.4, 0.5) is 0 Å². The van der Waals surface area contributed by atoms with Gasteiger partial charge in [0.2, 0.25) is 0 Å². The van der Waals surface area contributed by atoms with Gasteiger partial charge < -0.3 is 9.05 Å². The van der Waals surface area contributed by atoms with Crippen molar-refractivity contribution in [1.29, 1.82) is 0 Å². The largest absolute Gasteiger partial charge is 0.361 e. The zero-order chi connectivity index (χ0) is 15.3. The van der Waals surface area contributed by atoms with Gasteiger partial charge in [0.15, 0.2) is 0 Å². The Morgan fingerprint density at radius 2 is 1.52 bits per heavy atom. The molecule has 2 aromatic rings. The van der Waals surface area contributed by atoms with Gasteiger partial charge in [0.25, 0.3) is 0 Å². The predicted octanol–water partition coefficient (Wildman–Crippen LogP) is 4.98. The highest BCUT2D eigenvalue weighted by molar-refractivity contribution is 7.65. The molecule has 0 amide bonds. The Kier molecular flexibility index (Phi) is 5.13. The van der Waals surface area contributed by atoms with Gasteiger partial charge in [-0.05, 0) is 24.1 Å². The average Bonchev–Trinajstić information content (AvgIpc) is 2.54. The van der Waals surface area contributed by atoms with Gasteiger partial charge in [0.1, 0.15) is 0 Å². The molecule has 4 heteroatoms. The van der Waals surface area contributed by atoms with Crippen LogP contribution in [0.25, 0.3) is 11.4 Å². The summed E-state index contributed by atoms with van der Waals surface area (Å²) in [4.78, 5) is 0. The highest BCUT2D eigenvalue weighted by Gasteiger charge is 2.28. The second kappa shape index (κ2) is 6.86. The minimum Gasteiger partial charge on any atom is -0.309 e. The lowest BCUT2D eigenvalue weighted by molar-refractivity contribution is 0.288. The molecule has 0 unspecified atom stereocenters. The monoisotopic (exact) mass is 302 g/mol. The van der Waals surface area contributed by atoms with Crippen LogP contribution in [-0.2, 0) is 13.6 Å². The van der Waals surface area contributed by atoms with Crippen molar-refractivity contribution < 1.29 is 13.6 Å². The predicted molar refractivity (Wildman–Crippen MR) is 87.1 cm³/mol. The molecule has 0 aliphatic carbocycles. The molecule has 0 aliphatic rings. The molecule has 0 N–H and O–H groups in total. The lowest BCUT2D eigenvalue weighted by Crippen LogP contribution is -1.93. The quantitative estimate of drug-likeness (QED) is 0.577. The van der Waals surface area contributed by atoms with Crippen LogP contribution in [0.1, 0.15) is 16.7 Å². The molecular weight excluding hydrogens is 283 g/mol. The second-order valence-electron chi connectivity index (χ2n) is 4.67. The van der Waals surface area contributed by atoms with Crippen molar-refractivity contribution in [2.75, 3.05) is 14.2 Å². The first-order valence-electron chi connectivity index (χ1n) is 6.65. The summed E-state index contributed by atoms with van der Waals surface area (Å²) in [6.07, 6.45) is 1.85. The van der Waals surface area contributed by atoms with E-state index in [4.69, 9.17) is 9.05 Å². The summed E-state index contributed by atoms with van der Waals surface area (Å²) in [5.74, 6) is 0. The molecule has 2 rings (SSSR count). The maximum atomic E-state index is 12.8. The summed E-state index contributed by atoms with van der Waals surface area (Å²) in [5.41, 5.74) is 2.95. The van der Waals surface area contributed by atoms with E-state index in [2.05, 4.69) is 0 Å². The number of rotatable bonds is 5. The Bertz CT molecular complexity index is 652. The number of hydrogen-bond acceptors (Lipinski definition) is 3. The van der Waals surface area contributed by atoms with Gasteiger partial charge in [-0.3, -0.25) is 4.57 Å². The Morgan fingerprint density at radius 1 is 0.952 bits per heavy atom. The summed E-state index contributed by atoms with van der Waals surface area (Å²) >= 11 is 0. The summed E-state index contributed by atoms with van der Waals surface area (Å²) in [6.45, 7) is 2.03. The fraction of sp³-hybridized carbons (Fsp3) is 0.176. The minimum atomic E-state index is -3.33. The van der Waals surface area contributed by atoms with Crippen molar-refractivity contribution in [2.24, 2.45) is 0 Å². The lowest BCUT2D eigenvalue weighted by atomic mass is 10.1. The fourth-order valence-corrected chi connectivity index (χ4v) is 3.34. The first-order chi connectivity index (χ1) is 10.1. The molecule has 0 saturated heterocycles. The second-order valence-corrected chi connectivity index (χ2v) is 6.88. The van der Waals surface area contributed by atoms with E-state index in [0.29, 0.717) is 5.31 Å². The van der Waals surface area contributed by atoms with Gasteiger partial charge in [0.05, 0.1) is 5.31 Å². The van der Waals surface area contributed by atoms with Crippen LogP contribution >= 0.6 is 7.60 Å². The normalized spacial score (nSPS) is 12.4. The smallest absolute Gasteiger partial charge is 0.309 e. The van der Waals surface area contributed by atoms with Gasteiger partial charge in [-0.15, -0.1) is 0 Å². The molecule has 0 spiro atoms. The van der Waals surface area contributed by atoms with E-state index < -0.39 is 7.60 Å².